The number of carbonyl (C=O) groups is 2. The number of benzene rings is 1. The fourth-order valence-corrected chi connectivity index (χ4v) is 2.03. The summed E-state index contributed by atoms with van der Waals surface area (Å²) in [6.45, 7) is 2.60. The van der Waals surface area contributed by atoms with Gasteiger partial charge in [-0.3, -0.25) is 9.69 Å². The van der Waals surface area contributed by atoms with Crippen molar-refractivity contribution in [1.82, 2.24) is 4.90 Å². The summed E-state index contributed by atoms with van der Waals surface area (Å²) >= 11 is 0. The third-order valence-electron chi connectivity index (χ3n) is 3.17. The number of halogens is 1. The predicted molar refractivity (Wildman–Crippen MR) is 67.5 cm³/mol. The minimum Gasteiger partial charge on any atom is -0.481 e. The molecule has 1 saturated heterocycles. The average Bonchev–Trinajstić information content (AvgIpc) is 2.27. The largest absolute Gasteiger partial charge is 0.481 e. The summed E-state index contributed by atoms with van der Waals surface area (Å²) in [4.78, 5) is 25.8. The summed E-state index contributed by atoms with van der Waals surface area (Å²) in [6, 6.07) is 5.50. The zero-order valence-corrected chi connectivity index (χ0v) is 10.5. The lowest BCUT2D eigenvalue weighted by atomic mass is 10.0. The first-order valence-electron chi connectivity index (χ1n) is 6.07. The van der Waals surface area contributed by atoms with Crippen LogP contribution in [-0.4, -0.2) is 41.6 Å². The van der Waals surface area contributed by atoms with Crippen LogP contribution < -0.4 is 4.90 Å². The van der Waals surface area contributed by atoms with E-state index in [1.54, 1.807) is 13.0 Å². The molecule has 0 saturated carbocycles. The molecule has 2 amide bonds. The zero-order valence-electron chi connectivity index (χ0n) is 10.5. The summed E-state index contributed by atoms with van der Waals surface area (Å²) in [6.07, 6.45) is 0. The van der Waals surface area contributed by atoms with Crippen molar-refractivity contribution in [1.29, 1.82) is 0 Å². The molecule has 0 aliphatic carbocycles. The van der Waals surface area contributed by atoms with Crippen molar-refractivity contribution in [2.75, 3.05) is 24.5 Å². The minimum absolute atomic E-state index is 0.208. The SMILES string of the molecule is CCN(C(=O)N1CC(C(=O)O)C1)c1cccc(F)c1. The number of amides is 2. The van der Waals surface area contributed by atoms with Gasteiger partial charge in [-0.1, -0.05) is 6.07 Å². The molecule has 0 unspecified atom stereocenters. The Bertz CT molecular complexity index is 500. The molecule has 1 heterocycles. The highest BCUT2D eigenvalue weighted by Crippen LogP contribution is 2.22. The first kappa shape index (κ1) is 13.3. The van der Waals surface area contributed by atoms with Crippen molar-refractivity contribution in [2.24, 2.45) is 5.92 Å². The number of aliphatic carboxylic acids is 1. The van der Waals surface area contributed by atoms with Gasteiger partial charge in [0.05, 0.1) is 5.92 Å². The molecule has 1 fully saturated rings. The topological polar surface area (TPSA) is 60.9 Å². The molecule has 102 valence electrons. The fourth-order valence-electron chi connectivity index (χ4n) is 2.03. The first-order valence-corrected chi connectivity index (χ1v) is 6.07. The molecule has 1 N–H and O–H groups in total. The highest BCUT2D eigenvalue weighted by Gasteiger charge is 2.37. The highest BCUT2D eigenvalue weighted by molar-refractivity contribution is 5.93. The molecular weight excluding hydrogens is 251 g/mol. The number of likely N-dealkylation sites (tertiary alicyclic amines) is 1. The van der Waals surface area contributed by atoms with Crippen molar-refractivity contribution >= 4 is 17.7 Å². The molecule has 1 aromatic rings. The van der Waals surface area contributed by atoms with Crippen molar-refractivity contribution in [3.05, 3.63) is 30.1 Å². The third kappa shape index (κ3) is 2.67. The summed E-state index contributed by atoms with van der Waals surface area (Å²) < 4.78 is 13.2. The van der Waals surface area contributed by atoms with Crippen LogP contribution in [0.3, 0.4) is 0 Å². The molecule has 0 spiro atoms. The number of rotatable bonds is 3. The van der Waals surface area contributed by atoms with E-state index in [4.69, 9.17) is 5.11 Å². The Morgan fingerprint density at radius 3 is 2.68 bits per heavy atom. The molecule has 6 heteroatoms. The van der Waals surface area contributed by atoms with Crippen LogP contribution in [0.1, 0.15) is 6.92 Å². The zero-order chi connectivity index (χ0) is 14.0. The Labute approximate surface area is 110 Å². The van der Waals surface area contributed by atoms with Gasteiger partial charge in [-0.25, -0.2) is 9.18 Å². The smallest absolute Gasteiger partial charge is 0.324 e. The number of carboxylic acids is 1. The van der Waals surface area contributed by atoms with Gasteiger partial charge in [0, 0.05) is 25.3 Å². The number of nitrogens with zero attached hydrogens (tertiary/aromatic N) is 2. The van der Waals surface area contributed by atoms with Gasteiger partial charge < -0.3 is 10.0 Å². The second-order valence-corrected chi connectivity index (χ2v) is 4.45. The van der Waals surface area contributed by atoms with Gasteiger partial charge in [0.2, 0.25) is 0 Å². The molecule has 0 radical (unpaired) electrons. The van der Waals surface area contributed by atoms with Gasteiger partial charge in [-0.05, 0) is 25.1 Å². The third-order valence-corrected chi connectivity index (χ3v) is 3.17. The maximum Gasteiger partial charge on any atom is 0.324 e. The minimum atomic E-state index is -0.891. The standard InChI is InChI=1S/C13H15FN2O3/c1-2-16(11-5-3-4-10(14)6-11)13(19)15-7-9(8-15)12(17)18/h3-6,9H,2,7-8H2,1H3,(H,17,18). The first-order chi connectivity index (χ1) is 9.02. The van der Waals surface area contributed by atoms with E-state index in [1.165, 1.54) is 28.0 Å². The Morgan fingerprint density at radius 1 is 1.47 bits per heavy atom. The van der Waals surface area contributed by atoms with Gasteiger partial charge in [0.1, 0.15) is 5.82 Å². The Morgan fingerprint density at radius 2 is 2.16 bits per heavy atom. The van der Waals surface area contributed by atoms with E-state index < -0.39 is 17.7 Å². The summed E-state index contributed by atoms with van der Waals surface area (Å²) in [7, 11) is 0. The van der Waals surface area contributed by atoms with Crippen LogP contribution in [0.4, 0.5) is 14.9 Å². The summed E-state index contributed by atoms with van der Waals surface area (Å²) in [5, 5.41) is 8.78. The molecule has 0 aromatic heterocycles. The maximum atomic E-state index is 13.2. The molecule has 0 bridgehead atoms. The average molecular weight is 266 g/mol. The Balaban J connectivity index is 2.07. The van der Waals surface area contributed by atoms with E-state index in [9.17, 15) is 14.0 Å². The maximum absolute atomic E-state index is 13.2. The van der Waals surface area contributed by atoms with Gasteiger partial charge in [0.25, 0.3) is 0 Å². The molecule has 1 aromatic carbocycles. The Kier molecular flexibility index (Phi) is 3.69. The van der Waals surface area contributed by atoms with E-state index in [2.05, 4.69) is 0 Å². The van der Waals surface area contributed by atoms with E-state index >= 15 is 0 Å². The van der Waals surface area contributed by atoms with Gasteiger partial charge in [0.15, 0.2) is 0 Å². The number of carbonyl (C=O) groups excluding carboxylic acids is 1. The van der Waals surface area contributed by atoms with Gasteiger partial charge in [-0.2, -0.15) is 0 Å². The van der Waals surface area contributed by atoms with E-state index in [-0.39, 0.29) is 19.1 Å². The lowest BCUT2D eigenvalue weighted by molar-refractivity contribution is -0.146. The highest BCUT2D eigenvalue weighted by atomic mass is 19.1. The number of anilines is 1. The van der Waals surface area contributed by atoms with Crippen LogP contribution in [0.5, 0.6) is 0 Å². The van der Waals surface area contributed by atoms with Gasteiger partial charge in [-0.15, -0.1) is 0 Å². The molecule has 1 aliphatic rings. The van der Waals surface area contributed by atoms with Crippen LogP contribution in [0.15, 0.2) is 24.3 Å². The lowest BCUT2D eigenvalue weighted by Crippen LogP contribution is -2.57. The molecular formula is C13H15FN2O3. The van der Waals surface area contributed by atoms with Crippen molar-refractivity contribution in [3.8, 4) is 0 Å². The van der Waals surface area contributed by atoms with E-state index in [0.717, 1.165) is 0 Å². The lowest BCUT2D eigenvalue weighted by Gasteiger charge is -2.39. The molecule has 5 nitrogen and oxygen atoms in total. The van der Waals surface area contributed by atoms with Gasteiger partial charge >= 0.3 is 12.0 Å². The van der Waals surface area contributed by atoms with Crippen LogP contribution in [0, 0.1) is 11.7 Å². The van der Waals surface area contributed by atoms with E-state index in [1.807, 2.05) is 0 Å². The van der Waals surface area contributed by atoms with Crippen molar-refractivity contribution in [3.63, 3.8) is 0 Å². The Hall–Kier alpha value is -2.11. The summed E-state index contributed by atoms with van der Waals surface area (Å²) in [5.74, 6) is -1.79. The quantitative estimate of drug-likeness (QED) is 0.907. The predicted octanol–water partition coefficient (Wildman–Crippen LogP) is 1.79. The van der Waals surface area contributed by atoms with Crippen LogP contribution in [-0.2, 0) is 4.79 Å². The number of urea groups is 1. The second kappa shape index (κ2) is 5.26. The normalized spacial score (nSPS) is 14.9. The molecule has 19 heavy (non-hydrogen) atoms. The summed E-state index contributed by atoms with van der Waals surface area (Å²) in [5.41, 5.74) is 0.478. The fraction of sp³-hybridized carbons (Fsp3) is 0.385. The van der Waals surface area contributed by atoms with Crippen LogP contribution in [0.25, 0.3) is 0 Å². The van der Waals surface area contributed by atoms with Crippen molar-refractivity contribution < 1.29 is 19.1 Å². The molecule has 1 aliphatic heterocycles. The van der Waals surface area contributed by atoms with E-state index in [0.29, 0.717) is 12.2 Å². The monoisotopic (exact) mass is 266 g/mol. The second-order valence-electron chi connectivity index (χ2n) is 4.45. The van der Waals surface area contributed by atoms with Crippen LogP contribution in [0.2, 0.25) is 0 Å². The number of hydrogen-bond acceptors (Lipinski definition) is 2. The number of hydrogen-bond donors (Lipinski definition) is 1. The molecule has 2 rings (SSSR count). The molecule has 0 atom stereocenters. The van der Waals surface area contributed by atoms with Crippen LogP contribution >= 0.6 is 0 Å². The number of carboxylic acid groups (broad SMARTS) is 1. The van der Waals surface area contributed by atoms with Crippen molar-refractivity contribution in [2.45, 2.75) is 6.92 Å².